The van der Waals surface area contributed by atoms with E-state index >= 15 is 0 Å². The van der Waals surface area contributed by atoms with Gasteiger partial charge in [-0.1, -0.05) is 6.07 Å². The van der Waals surface area contributed by atoms with Crippen LogP contribution in [0, 0.1) is 5.92 Å². The lowest BCUT2D eigenvalue weighted by Crippen LogP contribution is -2.44. The van der Waals surface area contributed by atoms with Crippen molar-refractivity contribution in [2.24, 2.45) is 5.92 Å². The van der Waals surface area contributed by atoms with Crippen molar-refractivity contribution in [1.29, 1.82) is 0 Å². The van der Waals surface area contributed by atoms with Crippen molar-refractivity contribution in [2.45, 2.75) is 18.9 Å². The summed E-state index contributed by atoms with van der Waals surface area (Å²) in [6.45, 7) is 2.79. The van der Waals surface area contributed by atoms with Crippen molar-refractivity contribution in [2.75, 3.05) is 18.8 Å². The maximum Gasteiger partial charge on any atom is 0.251 e. The lowest BCUT2D eigenvalue weighted by atomic mass is 9.83. The summed E-state index contributed by atoms with van der Waals surface area (Å²) in [7, 11) is 0. The van der Waals surface area contributed by atoms with Gasteiger partial charge in [-0.2, -0.15) is 0 Å². The number of benzene rings is 1. The van der Waals surface area contributed by atoms with E-state index in [1.807, 2.05) is 28.8 Å². The fourth-order valence-corrected chi connectivity index (χ4v) is 4.32. The predicted molar refractivity (Wildman–Crippen MR) is 99.6 cm³/mol. The molecule has 0 spiro atoms. The minimum absolute atomic E-state index is 0.100. The molecule has 0 unspecified atom stereocenters. The molecule has 25 heavy (non-hydrogen) atoms. The standard InChI is InChI=1S/C20H20N4O/c21-17-3-4-23-18-2-1-13(6-16(17)18)14-7-19-15-5-12(9-22-10-15)11-24(19)20(25)8-14/h1-4,6-8,12,15,22H,5,9-11H2,(H2,21,23)/t12-,15+/m0/s1. The first-order valence-corrected chi connectivity index (χ1v) is 8.79. The molecular formula is C20H20N4O. The minimum Gasteiger partial charge on any atom is -0.398 e. The van der Waals surface area contributed by atoms with E-state index < -0.39 is 0 Å². The Balaban J connectivity index is 1.67. The number of hydrogen-bond acceptors (Lipinski definition) is 4. The number of nitrogens with two attached hydrogens (primary N) is 1. The summed E-state index contributed by atoms with van der Waals surface area (Å²) in [6, 6.07) is 11.8. The summed E-state index contributed by atoms with van der Waals surface area (Å²) in [4.78, 5) is 17.1. The van der Waals surface area contributed by atoms with Crippen LogP contribution in [0.5, 0.6) is 0 Å². The van der Waals surface area contributed by atoms with Crippen LogP contribution in [0.4, 0.5) is 5.69 Å². The molecule has 0 radical (unpaired) electrons. The van der Waals surface area contributed by atoms with Gasteiger partial charge >= 0.3 is 0 Å². The SMILES string of the molecule is Nc1ccnc2ccc(-c3cc4n(c(=O)c3)C[C@@H]3CNC[C@H]4C3)cc12. The van der Waals surface area contributed by atoms with E-state index in [-0.39, 0.29) is 5.56 Å². The molecule has 5 heteroatoms. The Morgan fingerprint density at radius 1 is 1.12 bits per heavy atom. The van der Waals surface area contributed by atoms with E-state index in [9.17, 15) is 4.79 Å². The second-order valence-corrected chi connectivity index (χ2v) is 7.21. The highest BCUT2D eigenvalue weighted by Crippen LogP contribution is 2.34. The molecular weight excluding hydrogens is 312 g/mol. The third-order valence-corrected chi connectivity index (χ3v) is 5.57. The van der Waals surface area contributed by atoms with Crippen LogP contribution in [0.25, 0.3) is 22.0 Å². The summed E-state index contributed by atoms with van der Waals surface area (Å²) in [5, 5.41) is 4.43. The number of pyridine rings is 2. The number of piperidine rings is 1. The van der Waals surface area contributed by atoms with Crippen LogP contribution in [0.1, 0.15) is 18.0 Å². The van der Waals surface area contributed by atoms with Crippen molar-refractivity contribution >= 4 is 16.6 Å². The molecule has 2 bridgehead atoms. The van der Waals surface area contributed by atoms with Gasteiger partial charge in [-0.05, 0) is 54.3 Å². The normalized spacial score (nSPS) is 21.9. The van der Waals surface area contributed by atoms with E-state index in [0.717, 1.165) is 47.4 Å². The number of fused-ring (bicyclic) bond motifs is 5. The van der Waals surface area contributed by atoms with Crippen LogP contribution in [-0.2, 0) is 6.54 Å². The molecule has 0 amide bonds. The maximum atomic E-state index is 12.7. The molecule has 2 atom stereocenters. The van der Waals surface area contributed by atoms with E-state index in [0.29, 0.717) is 17.5 Å². The second-order valence-electron chi connectivity index (χ2n) is 7.21. The molecule has 5 nitrogen and oxygen atoms in total. The lowest BCUT2D eigenvalue weighted by molar-refractivity contribution is 0.257. The Labute approximate surface area is 145 Å². The first-order valence-electron chi connectivity index (χ1n) is 8.79. The zero-order valence-corrected chi connectivity index (χ0v) is 13.9. The average Bonchev–Trinajstić information content (AvgIpc) is 2.63. The van der Waals surface area contributed by atoms with Gasteiger partial charge in [-0.25, -0.2) is 0 Å². The summed E-state index contributed by atoms with van der Waals surface area (Å²) >= 11 is 0. The highest BCUT2D eigenvalue weighted by atomic mass is 16.1. The van der Waals surface area contributed by atoms with Crippen LogP contribution >= 0.6 is 0 Å². The Kier molecular flexibility index (Phi) is 3.18. The number of anilines is 1. The molecule has 126 valence electrons. The monoisotopic (exact) mass is 332 g/mol. The molecule has 5 rings (SSSR count). The molecule has 3 N–H and O–H groups in total. The van der Waals surface area contributed by atoms with Crippen molar-refractivity contribution in [3.8, 4) is 11.1 Å². The first-order chi connectivity index (χ1) is 12.2. The lowest BCUT2D eigenvalue weighted by Gasteiger charge is -2.37. The quantitative estimate of drug-likeness (QED) is 0.717. The summed E-state index contributed by atoms with van der Waals surface area (Å²) in [5.41, 5.74) is 10.9. The topological polar surface area (TPSA) is 72.9 Å². The third kappa shape index (κ3) is 2.35. The van der Waals surface area contributed by atoms with Gasteiger partial charge in [0.25, 0.3) is 5.56 Å². The van der Waals surface area contributed by atoms with Gasteiger partial charge in [0.15, 0.2) is 0 Å². The Hall–Kier alpha value is -2.66. The number of rotatable bonds is 1. The van der Waals surface area contributed by atoms with Gasteiger partial charge in [0.2, 0.25) is 0 Å². The second kappa shape index (κ2) is 5.43. The molecule has 1 fully saturated rings. The predicted octanol–water partition coefficient (Wildman–Crippen LogP) is 2.35. The maximum absolute atomic E-state index is 12.7. The largest absolute Gasteiger partial charge is 0.398 e. The molecule has 1 aromatic carbocycles. The first kappa shape index (κ1) is 14.7. The number of hydrogen-bond donors (Lipinski definition) is 2. The van der Waals surface area contributed by atoms with Crippen molar-refractivity contribution in [3.05, 3.63) is 58.6 Å². The van der Waals surface area contributed by atoms with Crippen LogP contribution in [0.15, 0.2) is 47.4 Å². The molecule has 2 aromatic heterocycles. The number of aromatic nitrogens is 2. The summed E-state index contributed by atoms with van der Waals surface area (Å²) in [5.74, 6) is 0.994. The molecule has 1 saturated heterocycles. The third-order valence-electron chi connectivity index (χ3n) is 5.57. The highest BCUT2D eigenvalue weighted by Gasteiger charge is 2.31. The van der Waals surface area contributed by atoms with Crippen molar-refractivity contribution in [3.63, 3.8) is 0 Å². The van der Waals surface area contributed by atoms with Crippen LogP contribution in [0.2, 0.25) is 0 Å². The summed E-state index contributed by atoms with van der Waals surface area (Å²) < 4.78 is 1.97. The highest BCUT2D eigenvalue weighted by molar-refractivity contribution is 5.93. The van der Waals surface area contributed by atoms with Crippen LogP contribution in [-0.4, -0.2) is 22.6 Å². The van der Waals surface area contributed by atoms with Gasteiger partial charge in [-0.15, -0.1) is 0 Å². The fraction of sp³-hybridized carbons (Fsp3) is 0.300. The van der Waals surface area contributed by atoms with Crippen molar-refractivity contribution in [1.82, 2.24) is 14.9 Å². The van der Waals surface area contributed by atoms with E-state index in [2.05, 4.69) is 16.4 Å². The molecule has 2 aliphatic rings. The molecule has 2 aliphatic heterocycles. The van der Waals surface area contributed by atoms with Gasteiger partial charge < -0.3 is 15.6 Å². The van der Waals surface area contributed by atoms with Crippen LogP contribution in [0.3, 0.4) is 0 Å². The molecule has 4 heterocycles. The molecule has 0 aliphatic carbocycles. The Morgan fingerprint density at radius 3 is 2.96 bits per heavy atom. The minimum atomic E-state index is 0.100. The van der Waals surface area contributed by atoms with E-state index in [4.69, 9.17) is 5.73 Å². The number of nitrogens with zero attached hydrogens (tertiary/aromatic N) is 2. The van der Waals surface area contributed by atoms with Crippen LogP contribution < -0.4 is 16.6 Å². The van der Waals surface area contributed by atoms with Gasteiger partial charge in [0.05, 0.1) is 5.52 Å². The Bertz CT molecular complexity index is 1040. The summed E-state index contributed by atoms with van der Waals surface area (Å²) in [6.07, 6.45) is 2.89. The zero-order valence-electron chi connectivity index (χ0n) is 13.9. The van der Waals surface area contributed by atoms with Crippen molar-refractivity contribution < 1.29 is 0 Å². The molecule has 0 saturated carbocycles. The fourth-order valence-electron chi connectivity index (χ4n) is 4.32. The number of nitrogen functional groups attached to an aromatic ring is 1. The van der Waals surface area contributed by atoms with Gasteiger partial charge in [0, 0.05) is 48.0 Å². The Morgan fingerprint density at radius 2 is 2.04 bits per heavy atom. The number of nitrogens with one attached hydrogen (secondary N) is 1. The molecule has 3 aromatic rings. The average molecular weight is 332 g/mol. The van der Waals surface area contributed by atoms with Gasteiger partial charge in [0.1, 0.15) is 0 Å². The zero-order chi connectivity index (χ0) is 17.0. The van der Waals surface area contributed by atoms with Gasteiger partial charge in [-0.3, -0.25) is 9.78 Å². The van der Waals surface area contributed by atoms with E-state index in [1.165, 1.54) is 6.42 Å². The smallest absolute Gasteiger partial charge is 0.251 e. The van der Waals surface area contributed by atoms with E-state index in [1.54, 1.807) is 12.3 Å².